The SMILES string of the molecule is CCCCCNS(=O)(=O)c1ccc(C(=O)Nc2ccccc2OCC)cc1. The lowest BCUT2D eigenvalue weighted by molar-refractivity contribution is 0.102. The molecule has 1 amide bonds. The molecule has 2 aromatic carbocycles. The summed E-state index contributed by atoms with van der Waals surface area (Å²) in [7, 11) is -3.56. The topological polar surface area (TPSA) is 84.5 Å². The summed E-state index contributed by atoms with van der Waals surface area (Å²) in [5.74, 6) is 0.255. The Kier molecular flexibility index (Phi) is 7.82. The van der Waals surface area contributed by atoms with Gasteiger partial charge in [0.15, 0.2) is 0 Å². The zero-order chi connectivity index (χ0) is 19.7. The number of amides is 1. The molecule has 0 spiro atoms. The molecule has 27 heavy (non-hydrogen) atoms. The molecule has 0 unspecified atom stereocenters. The number of nitrogens with one attached hydrogen (secondary N) is 2. The van der Waals surface area contributed by atoms with Gasteiger partial charge in [-0.05, 0) is 49.7 Å². The van der Waals surface area contributed by atoms with E-state index in [4.69, 9.17) is 4.74 Å². The van der Waals surface area contributed by atoms with Crippen LogP contribution in [-0.4, -0.2) is 27.5 Å². The van der Waals surface area contributed by atoms with Crippen LogP contribution in [0.5, 0.6) is 5.75 Å². The van der Waals surface area contributed by atoms with Gasteiger partial charge in [-0.2, -0.15) is 0 Å². The van der Waals surface area contributed by atoms with Crippen LogP contribution in [0.15, 0.2) is 53.4 Å². The predicted octanol–water partition coefficient (Wildman–Crippen LogP) is 3.81. The van der Waals surface area contributed by atoms with E-state index in [0.29, 0.717) is 30.2 Å². The highest BCUT2D eigenvalue weighted by atomic mass is 32.2. The van der Waals surface area contributed by atoms with Gasteiger partial charge in [0.05, 0.1) is 17.2 Å². The number of benzene rings is 2. The number of hydrogen-bond acceptors (Lipinski definition) is 4. The smallest absolute Gasteiger partial charge is 0.255 e. The summed E-state index contributed by atoms with van der Waals surface area (Å²) >= 11 is 0. The monoisotopic (exact) mass is 390 g/mol. The third kappa shape index (κ3) is 6.08. The Morgan fingerprint density at radius 3 is 2.37 bits per heavy atom. The molecule has 0 radical (unpaired) electrons. The van der Waals surface area contributed by atoms with Crippen molar-refractivity contribution in [3.8, 4) is 5.75 Å². The summed E-state index contributed by atoms with van der Waals surface area (Å²) in [6, 6.07) is 13.0. The minimum absolute atomic E-state index is 0.144. The second kappa shape index (κ2) is 10.1. The van der Waals surface area contributed by atoms with Crippen LogP contribution in [0.3, 0.4) is 0 Å². The van der Waals surface area contributed by atoms with E-state index in [-0.39, 0.29) is 10.8 Å². The van der Waals surface area contributed by atoms with Crippen LogP contribution in [0, 0.1) is 0 Å². The average Bonchev–Trinajstić information content (AvgIpc) is 2.67. The van der Waals surface area contributed by atoms with Crippen LogP contribution in [-0.2, 0) is 10.0 Å². The third-order valence-electron chi connectivity index (χ3n) is 3.93. The van der Waals surface area contributed by atoms with Gasteiger partial charge in [-0.3, -0.25) is 4.79 Å². The van der Waals surface area contributed by atoms with E-state index in [0.717, 1.165) is 19.3 Å². The van der Waals surface area contributed by atoms with Crippen LogP contribution in [0.2, 0.25) is 0 Å². The minimum Gasteiger partial charge on any atom is -0.492 e. The fourth-order valence-corrected chi connectivity index (χ4v) is 3.57. The predicted molar refractivity (Wildman–Crippen MR) is 107 cm³/mol. The molecule has 0 aliphatic heterocycles. The largest absolute Gasteiger partial charge is 0.492 e. The lowest BCUT2D eigenvalue weighted by Crippen LogP contribution is -2.24. The molecular formula is C20H26N2O4S. The summed E-state index contributed by atoms with van der Waals surface area (Å²) in [5, 5.41) is 2.79. The molecule has 6 nitrogen and oxygen atoms in total. The Morgan fingerprint density at radius 2 is 1.70 bits per heavy atom. The molecule has 2 rings (SSSR count). The highest BCUT2D eigenvalue weighted by molar-refractivity contribution is 7.89. The molecule has 0 saturated carbocycles. The summed E-state index contributed by atoms with van der Waals surface area (Å²) in [6.45, 7) is 4.83. The zero-order valence-corrected chi connectivity index (χ0v) is 16.5. The minimum atomic E-state index is -3.56. The number of hydrogen-bond donors (Lipinski definition) is 2. The highest BCUT2D eigenvalue weighted by Gasteiger charge is 2.15. The van der Waals surface area contributed by atoms with Crippen molar-refractivity contribution < 1.29 is 17.9 Å². The van der Waals surface area contributed by atoms with Crippen molar-refractivity contribution in [1.82, 2.24) is 4.72 Å². The molecule has 0 aliphatic rings. The molecule has 0 aliphatic carbocycles. The molecular weight excluding hydrogens is 364 g/mol. The maximum Gasteiger partial charge on any atom is 0.255 e. The summed E-state index contributed by atoms with van der Waals surface area (Å²) in [5.41, 5.74) is 0.935. The lowest BCUT2D eigenvalue weighted by Gasteiger charge is -2.11. The molecule has 0 saturated heterocycles. The molecule has 0 fully saturated rings. The maximum atomic E-state index is 12.4. The third-order valence-corrected chi connectivity index (χ3v) is 5.41. The van der Waals surface area contributed by atoms with E-state index in [2.05, 4.69) is 17.0 Å². The molecule has 2 N–H and O–H groups in total. The van der Waals surface area contributed by atoms with E-state index >= 15 is 0 Å². The van der Waals surface area contributed by atoms with Crippen LogP contribution in [0.25, 0.3) is 0 Å². The Labute approximate surface area is 161 Å². The first-order valence-corrected chi connectivity index (χ1v) is 10.6. The maximum absolute atomic E-state index is 12.4. The summed E-state index contributed by atoms with van der Waals surface area (Å²) < 4.78 is 32.6. The van der Waals surface area contributed by atoms with Crippen molar-refractivity contribution in [2.24, 2.45) is 0 Å². The fourth-order valence-electron chi connectivity index (χ4n) is 2.50. The number of carbonyl (C=O) groups is 1. The van der Waals surface area contributed by atoms with Crippen LogP contribution in [0.4, 0.5) is 5.69 Å². The van der Waals surface area contributed by atoms with E-state index < -0.39 is 10.0 Å². The standard InChI is InChI=1S/C20H26N2O4S/c1-3-5-8-15-21-27(24,25)17-13-11-16(12-14-17)20(23)22-18-9-6-7-10-19(18)26-4-2/h6-7,9-14,21H,3-5,8,15H2,1-2H3,(H,22,23). The first kappa shape index (κ1) is 20.9. The quantitative estimate of drug-likeness (QED) is 0.604. The normalized spacial score (nSPS) is 11.2. The first-order valence-electron chi connectivity index (χ1n) is 9.10. The molecule has 0 aromatic heterocycles. The van der Waals surface area contributed by atoms with Gasteiger partial charge in [0.2, 0.25) is 10.0 Å². The van der Waals surface area contributed by atoms with E-state index in [1.165, 1.54) is 24.3 Å². The number of anilines is 1. The Hall–Kier alpha value is -2.38. The fraction of sp³-hybridized carbons (Fsp3) is 0.350. The molecule has 2 aromatic rings. The molecule has 146 valence electrons. The van der Waals surface area contributed by atoms with Crippen molar-refractivity contribution in [2.75, 3.05) is 18.5 Å². The van der Waals surface area contributed by atoms with Crippen LogP contribution in [0.1, 0.15) is 43.5 Å². The van der Waals surface area contributed by atoms with Crippen molar-refractivity contribution in [1.29, 1.82) is 0 Å². The van der Waals surface area contributed by atoms with Gasteiger partial charge in [-0.1, -0.05) is 31.9 Å². The van der Waals surface area contributed by atoms with Gasteiger partial charge in [-0.15, -0.1) is 0 Å². The van der Waals surface area contributed by atoms with Crippen molar-refractivity contribution in [3.63, 3.8) is 0 Å². The first-order chi connectivity index (χ1) is 13.0. The van der Waals surface area contributed by atoms with Crippen LogP contribution < -0.4 is 14.8 Å². The number of carbonyl (C=O) groups excluding carboxylic acids is 1. The Morgan fingerprint density at radius 1 is 1.00 bits per heavy atom. The zero-order valence-electron chi connectivity index (χ0n) is 15.7. The van der Waals surface area contributed by atoms with E-state index in [9.17, 15) is 13.2 Å². The van der Waals surface area contributed by atoms with Gasteiger partial charge in [0.25, 0.3) is 5.91 Å². The molecule has 7 heteroatoms. The number of sulfonamides is 1. The molecule has 0 atom stereocenters. The number of unbranched alkanes of at least 4 members (excludes halogenated alkanes) is 2. The van der Waals surface area contributed by atoms with Gasteiger partial charge in [0.1, 0.15) is 5.75 Å². The number of ether oxygens (including phenoxy) is 1. The Bertz CT molecular complexity index is 849. The number of rotatable bonds is 10. The highest BCUT2D eigenvalue weighted by Crippen LogP contribution is 2.24. The molecule has 0 bridgehead atoms. The van der Waals surface area contributed by atoms with Gasteiger partial charge >= 0.3 is 0 Å². The Balaban J connectivity index is 2.05. The molecule has 0 heterocycles. The van der Waals surface area contributed by atoms with Gasteiger partial charge in [-0.25, -0.2) is 13.1 Å². The van der Waals surface area contributed by atoms with Crippen molar-refractivity contribution >= 4 is 21.6 Å². The van der Waals surface area contributed by atoms with E-state index in [1.807, 2.05) is 13.0 Å². The second-order valence-electron chi connectivity index (χ2n) is 6.01. The van der Waals surface area contributed by atoms with Gasteiger partial charge < -0.3 is 10.1 Å². The second-order valence-corrected chi connectivity index (χ2v) is 7.78. The van der Waals surface area contributed by atoms with Crippen molar-refractivity contribution in [3.05, 3.63) is 54.1 Å². The lowest BCUT2D eigenvalue weighted by atomic mass is 10.2. The summed E-state index contributed by atoms with van der Waals surface area (Å²) in [4.78, 5) is 12.6. The summed E-state index contributed by atoms with van der Waals surface area (Å²) in [6.07, 6.45) is 2.80. The van der Waals surface area contributed by atoms with Crippen LogP contribution >= 0.6 is 0 Å². The average molecular weight is 391 g/mol. The van der Waals surface area contributed by atoms with E-state index in [1.54, 1.807) is 18.2 Å². The van der Waals surface area contributed by atoms with Gasteiger partial charge in [0, 0.05) is 12.1 Å². The number of para-hydroxylation sites is 2. The van der Waals surface area contributed by atoms with Crippen molar-refractivity contribution in [2.45, 2.75) is 38.0 Å².